The molecule has 0 unspecified atom stereocenters. The zero-order chi connectivity index (χ0) is 22.8. The first kappa shape index (κ1) is 23.8. The number of nitrogens with zero attached hydrogens (tertiary/aromatic N) is 3. The number of carbonyl (C=O) groups excluding carboxylic acids is 1. The van der Waals surface area contributed by atoms with Crippen molar-refractivity contribution in [1.29, 1.82) is 0 Å². The first-order valence-electron chi connectivity index (χ1n) is 10.6. The van der Waals surface area contributed by atoms with Crippen LogP contribution in [-0.4, -0.2) is 60.0 Å². The maximum absolute atomic E-state index is 15.5. The Labute approximate surface area is 186 Å². The van der Waals surface area contributed by atoms with E-state index in [1.54, 1.807) is 23.9 Å². The van der Waals surface area contributed by atoms with Gasteiger partial charge in [0.05, 0.1) is 19.3 Å². The number of rotatable bonds is 9. The number of amides is 1. The molecule has 172 valence electrons. The highest BCUT2D eigenvalue weighted by atomic mass is 32.3. The van der Waals surface area contributed by atoms with Crippen LogP contribution in [0.25, 0.3) is 11.3 Å². The predicted octanol–water partition coefficient (Wildman–Crippen LogP) is 4.19. The van der Waals surface area contributed by atoms with Gasteiger partial charge in [-0.1, -0.05) is 0 Å². The lowest BCUT2D eigenvalue weighted by atomic mass is 9.96. The molecular formula is C23H34FN3O3S. The molecule has 1 aromatic carbocycles. The van der Waals surface area contributed by atoms with Gasteiger partial charge in [0.25, 0.3) is 0 Å². The van der Waals surface area contributed by atoms with Crippen LogP contribution < -0.4 is 4.90 Å². The van der Waals surface area contributed by atoms with E-state index in [9.17, 15) is 4.79 Å². The summed E-state index contributed by atoms with van der Waals surface area (Å²) in [6, 6.07) is 3.51. The topological polar surface area (TPSA) is 56.6 Å². The number of hydrogen-bond acceptors (Lipinski definition) is 4. The fourth-order valence-electron chi connectivity index (χ4n) is 3.46. The standard InChI is InChI=1S/C23H34FN3O3S/c1-16(2)30-14-17-13-27(15-29-11-12-31(4,5)6)25-23(17)19-7-9-20-18(22(19)24)8-10-21(28)26(20)3/h7,9,13,16H,8,10-12,14-15H2,1-6H3. The molecule has 1 aromatic heterocycles. The molecule has 0 saturated heterocycles. The molecule has 8 heteroatoms. The van der Waals surface area contributed by atoms with Crippen molar-refractivity contribution < 1.29 is 18.7 Å². The molecule has 1 amide bonds. The third-order valence-electron chi connectivity index (χ3n) is 5.27. The summed E-state index contributed by atoms with van der Waals surface area (Å²) >= 11 is 0. The van der Waals surface area contributed by atoms with Gasteiger partial charge in [-0.05, 0) is 51.2 Å². The van der Waals surface area contributed by atoms with Gasteiger partial charge in [0.15, 0.2) is 0 Å². The second kappa shape index (κ2) is 9.71. The van der Waals surface area contributed by atoms with Crippen LogP contribution in [-0.2, 0) is 34.0 Å². The quantitative estimate of drug-likeness (QED) is 0.537. The molecule has 6 nitrogen and oxygen atoms in total. The Hall–Kier alpha value is -1.90. The Morgan fingerprint density at radius 3 is 2.65 bits per heavy atom. The van der Waals surface area contributed by atoms with Crippen molar-refractivity contribution in [2.75, 3.05) is 43.1 Å². The van der Waals surface area contributed by atoms with E-state index >= 15 is 4.39 Å². The predicted molar refractivity (Wildman–Crippen MR) is 125 cm³/mol. The molecule has 0 saturated carbocycles. The minimum atomic E-state index is -0.618. The third kappa shape index (κ3) is 5.87. The van der Waals surface area contributed by atoms with Crippen LogP contribution in [0.1, 0.15) is 31.4 Å². The van der Waals surface area contributed by atoms with Crippen molar-refractivity contribution in [1.82, 2.24) is 9.78 Å². The third-order valence-corrected chi connectivity index (χ3v) is 6.66. The smallest absolute Gasteiger partial charge is 0.227 e. The van der Waals surface area contributed by atoms with Gasteiger partial charge in [-0.25, -0.2) is 19.1 Å². The summed E-state index contributed by atoms with van der Waals surface area (Å²) < 4.78 is 28.8. The summed E-state index contributed by atoms with van der Waals surface area (Å²) in [4.78, 5) is 13.5. The number of fused-ring (bicyclic) bond motifs is 1. The fraction of sp³-hybridized carbons (Fsp3) is 0.565. The van der Waals surface area contributed by atoms with Crippen molar-refractivity contribution in [3.05, 3.63) is 35.3 Å². The molecule has 1 aliphatic rings. The average molecular weight is 452 g/mol. The lowest BCUT2D eigenvalue weighted by molar-refractivity contribution is -0.118. The van der Waals surface area contributed by atoms with Crippen molar-refractivity contribution in [3.63, 3.8) is 0 Å². The summed E-state index contributed by atoms with van der Waals surface area (Å²) in [6.07, 6.45) is 9.40. The second-order valence-corrected chi connectivity index (χ2v) is 13.7. The summed E-state index contributed by atoms with van der Waals surface area (Å²) in [5.74, 6) is 0.713. The van der Waals surface area contributed by atoms with Gasteiger partial charge >= 0.3 is 0 Å². The normalized spacial score (nSPS) is 15.0. The molecule has 0 atom stereocenters. The number of aromatic nitrogens is 2. The number of anilines is 1. The van der Waals surface area contributed by atoms with Crippen LogP contribution in [0, 0.1) is 5.82 Å². The number of hydrogen-bond donors (Lipinski definition) is 0. The van der Waals surface area contributed by atoms with E-state index < -0.39 is 10.0 Å². The minimum absolute atomic E-state index is 0.00388. The lowest BCUT2D eigenvalue weighted by Crippen LogP contribution is -2.31. The maximum atomic E-state index is 15.5. The van der Waals surface area contributed by atoms with Crippen molar-refractivity contribution in [2.45, 2.75) is 46.1 Å². The molecule has 0 radical (unpaired) electrons. The van der Waals surface area contributed by atoms with Crippen LogP contribution >= 0.6 is 10.0 Å². The first-order chi connectivity index (χ1) is 14.6. The van der Waals surface area contributed by atoms with Gasteiger partial charge < -0.3 is 14.4 Å². The number of ether oxygens (including phenoxy) is 2. The van der Waals surface area contributed by atoms with Crippen LogP contribution in [0.15, 0.2) is 18.3 Å². The molecule has 0 fully saturated rings. The molecule has 3 rings (SSSR count). The minimum Gasteiger partial charge on any atom is -0.374 e. The van der Waals surface area contributed by atoms with Gasteiger partial charge in [0.2, 0.25) is 5.91 Å². The summed E-state index contributed by atoms with van der Waals surface area (Å²) in [6.45, 7) is 5.25. The van der Waals surface area contributed by atoms with Crippen LogP contribution in [0.3, 0.4) is 0 Å². The van der Waals surface area contributed by atoms with Gasteiger partial charge in [0.1, 0.15) is 18.2 Å². The summed E-state index contributed by atoms with van der Waals surface area (Å²) in [7, 11) is 1.07. The molecule has 0 N–H and O–H groups in total. The molecule has 0 aliphatic carbocycles. The first-order valence-corrected chi connectivity index (χ1v) is 13.6. The number of benzene rings is 1. The molecule has 2 aromatic rings. The Morgan fingerprint density at radius 1 is 1.23 bits per heavy atom. The lowest BCUT2D eigenvalue weighted by Gasteiger charge is -2.26. The van der Waals surface area contributed by atoms with Gasteiger partial charge in [-0.15, -0.1) is 0 Å². The highest BCUT2D eigenvalue weighted by Gasteiger charge is 2.27. The Balaban J connectivity index is 1.88. The summed E-state index contributed by atoms with van der Waals surface area (Å²) in [5.41, 5.74) is 3.00. The van der Waals surface area contributed by atoms with E-state index in [4.69, 9.17) is 9.47 Å². The zero-order valence-electron chi connectivity index (χ0n) is 19.4. The number of carbonyl (C=O) groups is 1. The van der Waals surface area contributed by atoms with E-state index in [0.717, 1.165) is 11.3 Å². The molecule has 0 spiro atoms. The SMILES string of the molecule is CC(C)OCc1cn(COCCS(C)(C)C)nc1-c1ccc2c(c1F)CCC(=O)N2C. The van der Waals surface area contributed by atoms with E-state index in [-0.39, 0.29) is 17.8 Å². The zero-order valence-corrected chi connectivity index (χ0v) is 20.2. The monoisotopic (exact) mass is 451 g/mol. The Kier molecular flexibility index (Phi) is 7.44. The van der Waals surface area contributed by atoms with Gasteiger partial charge in [-0.3, -0.25) is 4.79 Å². The fourth-order valence-corrected chi connectivity index (χ4v) is 4.08. The average Bonchev–Trinajstić information content (AvgIpc) is 3.09. The molecule has 0 bridgehead atoms. The highest BCUT2D eigenvalue weighted by Crippen LogP contribution is 2.36. The van der Waals surface area contributed by atoms with E-state index in [1.165, 1.54) is 4.90 Å². The van der Waals surface area contributed by atoms with Gasteiger partial charge in [-0.2, -0.15) is 5.10 Å². The van der Waals surface area contributed by atoms with Crippen molar-refractivity contribution in [3.8, 4) is 11.3 Å². The molecule has 2 heterocycles. The van der Waals surface area contributed by atoms with E-state index in [2.05, 4.69) is 23.9 Å². The molecule has 1 aliphatic heterocycles. The number of halogens is 1. The van der Waals surface area contributed by atoms with Crippen molar-refractivity contribution >= 4 is 21.6 Å². The largest absolute Gasteiger partial charge is 0.374 e. The van der Waals surface area contributed by atoms with Crippen LogP contribution in [0.2, 0.25) is 0 Å². The summed E-state index contributed by atoms with van der Waals surface area (Å²) in [5, 5.41) is 4.63. The Morgan fingerprint density at radius 2 is 1.97 bits per heavy atom. The Bertz CT molecular complexity index is 937. The maximum Gasteiger partial charge on any atom is 0.227 e. The van der Waals surface area contributed by atoms with Crippen LogP contribution in [0.4, 0.5) is 10.1 Å². The van der Waals surface area contributed by atoms with E-state index in [1.807, 2.05) is 20.0 Å². The molecular weight excluding hydrogens is 417 g/mol. The van der Waals surface area contributed by atoms with Gasteiger partial charge in [0, 0.05) is 47.8 Å². The van der Waals surface area contributed by atoms with Crippen LogP contribution in [0.5, 0.6) is 0 Å². The second-order valence-electron chi connectivity index (χ2n) is 9.11. The van der Waals surface area contributed by atoms with Crippen molar-refractivity contribution in [2.24, 2.45) is 0 Å². The van der Waals surface area contributed by atoms with E-state index in [0.29, 0.717) is 55.3 Å². The molecule has 31 heavy (non-hydrogen) atoms. The highest BCUT2D eigenvalue weighted by molar-refractivity contribution is 8.32.